The predicted molar refractivity (Wildman–Crippen MR) is 351 cm³/mol. The van der Waals surface area contributed by atoms with Gasteiger partial charge in [-0.2, -0.15) is 30.7 Å². The van der Waals surface area contributed by atoms with Crippen molar-refractivity contribution in [1.82, 2.24) is 0 Å². The minimum Gasteiger partial charge on any atom is -0.151 e. The van der Waals surface area contributed by atoms with Crippen molar-refractivity contribution in [3.63, 3.8) is 0 Å². The zero-order chi connectivity index (χ0) is 59.8. The van der Waals surface area contributed by atoms with E-state index in [-0.39, 0.29) is 0 Å². The molecule has 0 aliphatic rings. The number of hydrogen-bond donors (Lipinski definition) is 0. The third-order valence-corrected chi connectivity index (χ3v) is 13.7. The van der Waals surface area contributed by atoms with Crippen molar-refractivity contribution in [1.29, 1.82) is 0 Å². The van der Waals surface area contributed by atoms with E-state index in [1.54, 1.807) is 0 Å². The van der Waals surface area contributed by atoms with Gasteiger partial charge in [-0.1, -0.05) is 150 Å². The fourth-order valence-electron chi connectivity index (χ4n) is 9.38. The second-order valence-corrected chi connectivity index (χ2v) is 21.0. The summed E-state index contributed by atoms with van der Waals surface area (Å²) in [5.41, 5.74) is 22.1. The van der Waals surface area contributed by atoms with Crippen LogP contribution in [0, 0.1) is 126 Å². The van der Waals surface area contributed by atoms with Crippen LogP contribution in [-0.4, -0.2) is 0 Å². The van der Waals surface area contributed by atoms with Gasteiger partial charge in [0.1, 0.15) is 0 Å². The Morgan fingerprint density at radius 1 is 0.186 bits per heavy atom. The van der Waals surface area contributed by atoms with E-state index >= 15 is 0 Å². The topological polar surface area (TPSA) is 74.2 Å². The lowest BCUT2D eigenvalue weighted by atomic mass is 9.99. The van der Waals surface area contributed by atoms with E-state index in [2.05, 4.69) is 185 Å². The highest BCUT2D eigenvalue weighted by atomic mass is 15.1. The fourth-order valence-corrected chi connectivity index (χ4v) is 9.38. The molecule has 10 aromatic rings. The Hall–Kier alpha value is -11.6. The Bertz CT molecular complexity index is 4490. The molecular weight excluding hydrogens is 1040 g/mol. The summed E-state index contributed by atoms with van der Waals surface area (Å²) in [6, 6.07) is 67.5. The Labute approximate surface area is 506 Å². The van der Waals surface area contributed by atoms with E-state index in [9.17, 15) is 0 Å². The maximum absolute atomic E-state index is 4.68. The molecule has 10 aromatic carbocycles. The summed E-state index contributed by atoms with van der Waals surface area (Å²) in [6.07, 6.45) is 0. The molecule has 6 nitrogen and oxygen atoms in total. The number of nitrogens with zero attached hydrogens (tertiary/aromatic N) is 6. The summed E-state index contributed by atoms with van der Waals surface area (Å²) in [7, 11) is 0. The average Bonchev–Trinajstić information content (AvgIpc) is 3.47. The zero-order valence-electron chi connectivity index (χ0n) is 49.3. The molecule has 0 bridgehead atoms. The lowest BCUT2D eigenvalue weighted by Gasteiger charge is -2.06. The van der Waals surface area contributed by atoms with Crippen molar-refractivity contribution in [3.05, 3.63) is 318 Å². The number of benzene rings is 10. The van der Waals surface area contributed by atoms with Crippen LogP contribution in [0.3, 0.4) is 0 Å². The van der Waals surface area contributed by atoms with Gasteiger partial charge in [0.2, 0.25) is 0 Å². The van der Waals surface area contributed by atoms with Crippen molar-refractivity contribution in [2.75, 3.05) is 0 Å². The van der Waals surface area contributed by atoms with E-state index in [1.165, 1.54) is 0 Å². The third-order valence-electron chi connectivity index (χ3n) is 13.7. The standard InChI is InChI=1S/C80H58N6/c1-55-19-18-20-63(41-55)27-33-69-49-78(84-81-75-21-12-9-13-22-75)52-72(60(69)6)36-30-66-46-67(31-37-73-53-79(85-82-76-23-14-10-15-24-76)50-70(61(73)7)34-28-64-42-56(2)39-57(3)43-64)48-68(47-66)32-38-74-54-80(86-83-77-25-16-11-17-26-77)51-71(62(74)8)35-29-65-44-58(4)40-59(5)45-65/h9-26,39-54H,1-8H3. The molecule has 0 aliphatic carbocycles. The first-order valence-corrected chi connectivity index (χ1v) is 28.2. The van der Waals surface area contributed by atoms with Gasteiger partial charge in [-0.25, -0.2) is 0 Å². The first-order chi connectivity index (χ1) is 41.8. The minimum absolute atomic E-state index is 0.626. The molecule has 0 aliphatic heterocycles. The van der Waals surface area contributed by atoms with Crippen LogP contribution in [-0.2, 0) is 0 Å². The molecule has 0 heterocycles. The van der Waals surface area contributed by atoms with E-state index in [4.69, 9.17) is 0 Å². The number of azo groups is 3. The van der Waals surface area contributed by atoms with Crippen LogP contribution in [0.15, 0.2) is 237 Å². The van der Waals surface area contributed by atoms with E-state index < -0.39 is 0 Å². The zero-order valence-corrected chi connectivity index (χ0v) is 49.3. The van der Waals surface area contributed by atoms with Crippen LogP contribution in [0.4, 0.5) is 34.1 Å². The highest BCUT2D eigenvalue weighted by Gasteiger charge is 2.10. The molecule has 0 spiro atoms. The highest BCUT2D eigenvalue weighted by molar-refractivity contribution is 5.66. The second kappa shape index (κ2) is 27.4. The maximum atomic E-state index is 4.68. The van der Waals surface area contributed by atoms with Gasteiger partial charge in [0.15, 0.2) is 0 Å². The van der Waals surface area contributed by atoms with Crippen molar-refractivity contribution in [2.24, 2.45) is 30.7 Å². The van der Waals surface area contributed by atoms with Crippen LogP contribution in [0.2, 0.25) is 0 Å². The van der Waals surface area contributed by atoms with Gasteiger partial charge in [0.05, 0.1) is 34.1 Å². The predicted octanol–water partition coefficient (Wildman–Crippen LogP) is 19.8. The van der Waals surface area contributed by atoms with Crippen LogP contribution >= 0.6 is 0 Å². The van der Waals surface area contributed by atoms with Gasteiger partial charge < -0.3 is 0 Å². The van der Waals surface area contributed by atoms with Crippen molar-refractivity contribution in [3.8, 4) is 71.0 Å². The molecule has 0 aromatic heterocycles. The van der Waals surface area contributed by atoms with Crippen LogP contribution in [0.25, 0.3) is 0 Å². The quantitative estimate of drug-likeness (QED) is 0.118. The van der Waals surface area contributed by atoms with Crippen molar-refractivity contribution < 1.29 is 0 Å². The Morgan fingerprint density at radius 2 is 0.430 bits per heavy atom. The van der Waals surface area contributed by atoms with Crippen LogP contribution < -0.4 is 0 Å². The minimum atomic E-state index is 0.626. The Morgan fingerprint density at radius 3 is 0.709 bits per heavy atom. The molecule has 0 saturated carbocycles. The summed E-state index contributed by atoms with van der Waals surface area (Å²) in [4.78, 5) is 0. The lowest BCUT2D eigenvalue weighted by molar-refractivity contribution is 1.22. The molecular formula is C80H58N6. The van der Waals surface area contributed by atoms with E-state index in [0.29, 0.717) is 33.8 Å². The smallest absolute Gasteiger partial charge is 0.0882 e. The first-order valence-electron chi connectivity index (χ1n) is 28.2. The molecule has 0 fully saturated rings. The molecule has 0 amide bonds. The second-order valence-electron chi connectivity index (χ2n) is 21.0. The normalized spacial score (nSPS) is 10.6. The fraction of sp³-hybridized carbons (Fsp3) is 0.100. The largest absolute Gasteiger partial charge is 0.151 e. The van der Waals surface area contributed by atoms with Gasteiger partial charge in [-0.05, 0) is 227 Å². The molecule has 10 rings (SSSR count). The van der Waals surface area contributed by atoms with E-state index in [0.717, 1.165) is 112 Å². The van der Waals surface area contributed by atoms with E-state index in [1.807, 2.05) is 178 Å². The SMILES string of the molecule is Cc1cccc(C#Cc2cc(N=Nc3ccccc3)cc(C#Cc3cc(C#Cc4cc(N=Nc5ccccc5)cc(C#Cc5cc(C)cc(C)c5)c4C)cc(C#Cc4cc(N=Nc5ccccc5)cc(C#Cc5cc(C)cc(C)c5)c4C)c3)c2C)c1. The molecule has 0 radical (unpaired) electrons. The molecule has 0 atom stereocenters. The number of rotatable bonds is 6. The summed E-state index contributed by atoms with van der Waals surface area (Å²) in [5, 5.41) is 27.7. The van der Waals surface area contributed by atoms with Gasteiger partial charge in [-0.3, -0.25) is 0 Å². The Balaban J connectivity index is 1.12. The lowest BCUT2D eigenvalue weighted by Crippen LogP contribution is -1.91. The summed E-state index contributed by atoms with van der Waals surface area (Å²) in [5.74, 6) is 41.5. The van der Waals surface area contributed by atoms with Crippen LogP contribution in [0.5, 0.6) is 0 Å². The van der Waals surface area contributed by atoms with Crippen LogP contribution in [0.1, 0.15) is 111 Å². The monoisotopic (exact) mass is 1100 g/mol. The molecule has 408 valence electrons. The number of hydrogen-bond acceptors (Lipinski definition) is 6. The molecule has 86 heavy (non-hydrogen) atoms. The Kier molecular flexibility index (Phi) is 18.4. The van der Waals surface area contributed by atoms with Crippen molar-refractivity contribution >= 4 is 34.1 Å². The molecule has 0 unspecified atom stereocenters. The number of aryl methyl sites for hydroxylation is 5. The maximum Gasteiger partial charge on any atom is 0.0882 e. The average molecular weight is 1100 g/mol. The highest BCUT2D eigenvalue weighted by Crippen LogP contribution is 2.29. The summed E-state index contributed by atoms with van der Waals surface area (Å²) >= 11 is 0. The molecule has 6 heteroatoms. The molecule has 0 N–H and O–H groups in total. The van der Waals surface area contributed by atoms with Gasteiger partial charge >= 0.3 is 0 Å². The van der Waals surface area contributed by atoms with Crippen molar-refractivity contribution in [2.45, 2.75) is 55.4 Å². The summed E-state index contributed by atoms with van der Waals surface area (Å²) < 4.78 is 0. The van der Waals surface area contributed by atoms with Gasteiger partial charge in [-0.15, -0.1) is 0 Å². The first kappa shape index (κ1) is 57.6. The molecule has 0 saturated heterocycles. The van der Waals surface area contributed by atoms with Gasteiger partial charge in [0.25, 0.3) is 0 Å². The summed E-state index contributed by atoms with van der Waals surface area (Å²) in [6.45, 7) is 16.5. The third kappa shape index (κ3) is 16.1. The van der Waals surface area contributed by atoms with Gasteiger partial charge in [0, 0.05) is 66.8 Å².